The standard InChI is InChI=1S/C18H21N7O/c1-2-25-15(5-8-20-25)18(26)24-9-6-13(12-24)10-16-21-17(23-22-16)14-4-3-7-19-11-14/h3-5,7-8,11,13H,2,6,9-10,12H2,1H3,(H,21,22,23). The summed E-state index contributed by atoms with van der Waals surface area (Å²) in [6.45, 7) is 4.18. The predicted molar refractivity (Wildman–Crippen MR) is 95.2 cm³/mol. The van der Waals surface area contributed by atoms with Gasteiger partial charge in [0.15, 0.2) is 5.82 Å². The second-order valence-electron chi connectivity index (χ2n) is 6.49. The van der Waals surface area contributed by atoms with Crippen molar-refractivity contribution in [1.29, 1.82) is 0 Å². The van der Waals surface area contributed by atoms with E-state index in [-0.39, 0.29) is 5.91 Å². The lowest BCUT2D eigenvalue weighted by Crippen LogP contribution is -2.30. The molecule has 0 bridgehead atoms. The topological polar surface area (TPSA) is 92.6 Å². The molecule has 8 nitrogen and oxygen atoms in total. The fraction of sp³-hybridized carbons (Fsp3) is 0.389. The van der Waals surface area contributed by atoms with Crippen LogP contribution in [0.25, 0.3) is 11.4 Å². The third kappa shape index (κ3) is 3.22. The molecule has 1 saturated heterocycles. The van der Waals surface area contributed by atoms with Gasteiger partial charge in [-0.3, -0.25) is 19.6 Å². The van der Waals surface area contributed by atoms with Crippen LogP contribution >= 0.6 is 0 Å². The van der Waals surface area contributed by atoms with Gasteiger partial charge in [0, 0.05) is 50.2 Å². The third-order valence-electron chi connectivity index (χ3n) is 4.74. The number of aryl methyl sites for hydroxylation is 1. The number of nitrogens with zero attached hydrogens (tertiary/aromatic N) is 6. The van der Waals surface area contributed by atoms with Crippen molar-refractivity contribution in [2.24, 2.45) is 5.92 Å². The van der Waals surface area contributed by atoms with E-state index in [1.807, 2.05) is 24.0 Å². The molecule has 0 aromatic carbocycles. The lowest BCUT2D eigenvalue weighted by atomic mass is 10.1. The van der Waals surface area contributed by atoms with Gasteiger partial charge in [-0.15, -0.1) is 0 Å². The van der Waals surface area contributed by atoms with Crippen LogP contribution in [-0.2, 0) is 13.0 Å². The van der Waals surface area contributed by atoms with E-state index in [0.717, 1.165) is 37.3 Å². The first-order valence-electron chi connectivity index (χ1n) is 8.87. The number of rotatable bonds is 5. The van der Waals surface area contributed by atoms with E-state index in [4.69, 9.17) is 0 Å². The Morgan fingerprint density at radius 3 is 3.08 bits per heavy atom. The first kappa shape index (κ1) is 16.4. The van der Waals surface area contributed by atoms with Crippen LogP contribution in [0, 0.1) is 5.92 Å². The number of likely N-dealkylation sites (tertiary alicyclic amines) is 1. The summed E-state index contributed by atoms with van der Waals surface area (Å²) in [6, 6.07) is 5.59. The molecule has 134 valence electrons. The Bertz CT molecular complexity index is 886. The van der Waals surface area contributed by atoms with E-state index in [1.165, 1.54) is 0 Å². The average molecular weight is 351 g/mol. The predicted octanol–water partition coefficient (Wildman–Crippen LogP) is 1.79. The van der Waals surface area contributed by atoms with Crippen LogP contribution in [0.2, 0.25) is 0 Å². The fourth-order valence-electron chi connectivity index (χ4n) is 3.40. The zero-order valence-corrected chi connectivity index (χ0v) is 14.7. The number of nitrogens with one attached hydrogen (secondary N) is 1. The highest BCUT2D eigenvalue weighted by Gasteiger charge is 2.29. The molecule has 1 amide bonds. The minimum atomic E-state index is 0.0560. The highest BCUT2D eigenvalue weighted by Crippen LogP contribution is 2.22. The smallest absolute Gasteiger partial charge is 0.272 e. The maximum atomic E-state index is 12.7. The third-order valence-corrected chi connectivity index (χ3v) is 4.74. The van der Waals surface area contributed by atoms with Crippen molar-refractivity contribution in [3.8, 4) is 11.4 Å². The Hall–Kier alpha value is -3.03. The van der Waals surface area contributed by atoms with E-state index >= 15 is 0 Å². The van der Waals surface area contributed by atoms with Crippen LogP contribution in [0.5, 0.6) is 0 Å². The van der Waals surface area contributed by atoms with Crippen LogP contribution in [0.15, 0.2) is 36.8 Å². The number of amides is 1. The lowest BCUT2D eigenvalue weighted by Gasteiger charge is -2.16. The normalized spacial score (nSPS) is 17.0. The molecule has 1 aliphatic heterocycles. The molecule has 3 aromatic rings. The zero-order valence-electron chi connectivity index (χ0n) is 14.7. The van der Waals surface area contributed by atoms with Gasteiger partial charge in [0.1, 0.15) is 11.5 Å². The van der Waals surface area contributed by atoms with Gasteiger partial charge in [-0.2, -0.15) is 10.2 Å². The van der Waals surface area contributed by atoms with Gasteiger partial charge in [0.25, 0.3) is 5.91 Å². The molecule has 3 aromatic heterocycles. The first-order chi connectivity index (χ1) is 12.7. The van der Waals surface area contributed by atoms with Gasteiger partial charge in [0.2, 0.25) is 0 Å². The number of hydrogen-bond acceptors (Lipinski definition) is 5. The van der Waals surface area contributed by atoms with Crippen molar-refractivity contribution >= 4 is 5.91 Å². The zero-order chi connectivity index (χ0) is 17.9. The van der Waals surface area contributed by atoms with Crippen LogP contribution < -0.4 is 0 Å². The van der Waals surface area contributed by atoms with Gasteiger partial charge < -0.3 is 4.90 Å². The summed E-state index contributed by atoms with van der Waals surface area (Å²) < 4.78 is 1.74. The highest BCUT2D eigenvalue weighted by molar-refractivity contribution is 5.92. The van der Waals surface area contributed by atoms with Crippen LogP contribution in [0.1, 0.15) is 29.7 Å². The monoisotopic (exact) mass is 351 g/mol. The van der Waals surface area contributed by atoms with E-state index in [9.17, 15) is 4.79 Å². The molecule has 1 atom stereocenters. The Morgan fingerprint density at radius 2 is 2.27 bits per heavy atom. The Morgan fingerprint density at radius 1 is 1.35 bits per heavy atom. The summed E-state index contributed by atoms with van der Waals surface area (Å²) in [6.07, 6.45) is 6.91. The molecule has 8 heteroatoms. The molecule has 1 aliphatic rings. The molecule has 1 N–H and O–H groups in total. The van der Waals surface area contributed by atoms with E-state index < -0.39 is 0 Å². The number of H-pyrrole nitrogens is 1. The molecule has 0 radical (unpaired) electrons. The van der Waals surface area contributed by atoms with Gasteiger partial charge in [-0.1, -0.05) is 0 Å². The molecule has 1 fully saturated rings. The number of aromatic nitrogens is 6. The van der Waals surface area contributed by atoms with Crippen molar-refractivity contribution < 1.29 is 4.79 Å². The average Bonchev–Trinajstić information content (AvgIpc) is 3.43. The molecule has 0 spiro atoms. The maximum Gasteiger partial charge on any atom is 0.272 e. The van der Waals surface area contributed by atoms with Gasteiger partial charge in [0.05, 0.1) is 0 Å². The van der Waals surface area contributed by atoms with E-state index in [1.54, 1.807) is 29.3 Å². The summed E-state index contributed by atoms with van der Waals surface area (Å²) >= 11 is 0. The van der Waals surface area contributed by atoms with Gasteiger partial charge >= 0.3 is 0 Å². The van der Waals surface area contributed by atoms with E-state index in [2.05, 4.69) is 25.3 Å². The van der Waals surface area contributed by atoms with Crippen LogP contribution in [-0.4, -0.2) is 53.8 Å². The Labute approximate surface area is 151 Å². The molecular weight excluding hydrogens is 330 g/mol. The fourth-order valence-corrected chi connectivity index (χ4v) is 3.40. The Balaban J connectivity index is 1.39. The van der Waals surface area contributed by atoms with Crippen LogP contribution in [0.4, 0.5) is 0 Å². The van der Waals surface area contributed by atoms with Crippen LogP contribution in [0.3, 0.4) is 0 Å². The molecule has 0 saturated carbocycles. The van der Waals surface area contributed by atoms with Crippen molar-refractivity contribution in [2.45, 2.75) is 26.3 Å². The SMILES string of the molecule is CCn1nccc1C(=O)N1CCC(Cc2nc(-c3cccnc3)n[nH]2)C1. The Kier molecular flexibility index (Phi) is 4.47. The van der Waals surface area contributed by atoms with Crippen molar-refractivity contribution in [2.75, 3.05) is 13.1 Å². The summed E-state index contributed by atoms with van der Waals surface area (Å²) in [5.74, 6) is 1.94. The number of pyridine rings is 1. The molecule has 4 heterocycles. The number of aromatic amines is 1. The molecule has 4 rings (SSSR count). The summed E-state index contributed by atoms with van der Waals surface area (Å²) in [5, 5.41) is 11.5. The molecular formula is C18H21N7O. The molecule has 1 unspecified atom stereocenters. The van der Waals surface area contributed by atoms with Crippen molar-refractivity contribution in [1.82, 2.24) is 34.8 Å². The summed E-state index contributed by atoms with van der Waals surface area (Å²) in [5.41, 5.74) is 1.55. The second kappa shape index (κ2) is 7.07. The molecule has 26 heavy (non-hydrogen) atoms. The van der Waals surface area contributed by atoms with Crippen molar-refractivity contribution in [3.63, 3.8) is 0 Å². The largest absolute Gasteiger partial charge is 0.337 e. The summed E-state index contributed by atoms with van der Waals surface area (Å²) in [4.78, 5) is 23.3. The lowest BCUT2D eigenvalue weighted by molar-refractivity contribution is 0.0774. The highest BCUT2D eigenvalue weighted by atomic mass is 16.2. The summed E-state index contributed by atoms with van der Waals surface area (Å²) in [7, 11) is 0. The first-order valence-corrected chi connectivity index (χ1v) is 8.87. The quantitative estimate of drug-likeness (QED) is 0.756. The van der Waals surface area contributed by atoms with Gasteiger partial charge in [-0.25, -0.2) is 4.98 Å². The molecule has 0 aliphatic carbocycles. The van der Waals surface area contributed by atoms with E-state index in [0.29, 0.717) is 24.0 Å². The maximum absolute atomic E-state index is 12.7. The number of hydrogen-bond donors (Lipinski definition) is 1. The number of carbonyl (C=O) groups excluding carboxylic acids is 1. The number of carbonyl (C=O) groups is 1. The van der Waals surface area contributed by atoms with Gasteiger partial charge in [-0.05, 0) is 37.5 Å². The van der Waals surface area contributed by atoms with Crippen molar-refractivity contribution in [3.05, 3.63) is 48.3 Å². The minimum Gasteiger partial charge on any atom is -0.337 e. The second-order valence-corrected chi connectivity index (χ2v) is 6.49. The minimum absolute atomic E-state index is 0.0560.